The van der Waals surface area contributed by atoms with Gasteiger partial charge in [-0.3, -0.25) is 4.79 Å². The van der Waals surface area contributed by atoms with Crippen molar-refractivity contribution in [2.24, 2.45) is 0 Å². The van der Waals surface area contributed by atoms with Gasteiger partial charge >= 0.3 is 0 Å². The van der Waals surface area contributed by atoms with Gasteiger partial charge in [-0.25, -0.2) is 0 Å². The van der Waals surface area contributed by atoms with Gasteiger partial charge in [0.1, 0.15) is 0 Å². The Labute approximate surface area is 160 Å². The molecule has 4 rings (SSSR count). The molecular formula is C22H19BrN2O. The molecule has 0 bridgehead atoms. The largest absolute Gasteiger partial charge is 0.322 e. The maximum Gasteiger partial charge on any atom is 0.251 e. The van der Waals surface area contributed by atoms with Crippen LogP contribution >= 0.6 is 15.9 Å². The predicted octanol–water partition coefficient (Wildman–Crippen LogP) is 5.11. The second-order valence-electron chi connectivity index (χ2n) is 7.30. The van der Waals surface area contributed by atoms with E-state index in [-0.39, 0.29) is 11.5 Å². The Bertz CT molecular complexity index is 1130. The Morgan fingerprint density at radius 1 is 1.27 bits per heavy atom. The van der Waals surface area contributed by atoms with Crippen molar-refractivity contribution >= 4 is 26.8 Å². The van der Waals surface area contributed by atoms with Crippen LogP contribution in [0.1, 0.15) is 41.5 Å². The van der Waals surface area contributed by atoms with Crippen molar-refractivity contribution in [3.05, 3.63) is 79.5 Å². The fraction of sp³-hybridized carbons (Fsp3) is 0.273. The molecule has 1 aromatic heterocycles. The van der Waals surface area contributed by atoms with Crippen molar-refractivity contribution in [2.75, 3.05) is 0 Å². The number of fused-ring (bicyclic) bond motifs is 2. The minimum Gasteiger partial charge on any atom is -0.322 e. The Balaban J connectivity index is 1.87. The fourth-order valence-corrected chi connectivity index (χ4v) is 4.77. The highest BCUT2D eigenvalue weighted by Crippen LogP contribution is 2.48. The molecule has 4 heteroatoms. The summed E-state index contributed by atoms with van der Waals surface area (Å²) in [6.45, 7) is 3.82. The van der Waals surface area contributed by atoms with E-state index in [1.54, 1.807) is 6.92 Å². The van der Waals surface area contributed by atoms with E-state index in [9.17, 15) is 10.1 Å². The van der Waals surface area contributed by atoms with Crippen LogP contribution in [0.5, 0.6) is 0 Å². The van der Waals surface area contributed by atoms with Crippen LogP contribution in [-0.4, -0.2) is 4.98 Å². The fourth-order valence-electron chi connectivity index (χ4n) is 4.19. The lowest BCUT2D eigenvalue weighted by Crippen LogP contribution is -2.27. The van der Waals surface area contributed by atoms with Crippen LogP contribution in [0.15, 0.2) is 51.7 Å². The topological polar surface area (TPSA) is 56.6 Å². The predicted molar refractivity (Wildman–Crippen MR) is 107 cm³/mol. The minimum absolute atomic E-state index is 0.0801. The summed E-state index contributed by atoms with van der Waals surface area (Å²) >= 11 is 3.64. The van der Waals surface area contributed by atoms with Gasteiger partial charge in [0, 0.05) is 21.5 Å². The first-order valence-corrected chi connectivity index (χ1v) is 9.56. The van der Waals surface area contributed by atoms with Crippen LogP contribution in [0.3, 0.4) is 0 Å². The smallest absolute Gasteiger partial charge is 0.251 e. The number of rotatable bonds is 2. The Kier molecular flexibility index (Phi) is 4.00. The number of aromatic nitrogens is 1. The molecule has 1 N–H and O–H groups in total. The molecule has 3 nitrogen and oxygen atoms in total. The van der Waals surface area contributed by atoms with E-state index in [1.165, 1.54) is 11.1 Å². The minimum atomic E-state index is -0.651. The number of H-pyrrole nitrogens is 1. The highest BCUT2D eigenvalue weighted by atomic mass is 79.9. The standard InChI is InChI=1S/C22H19BrN2O/c1-13-10-14-6-7-15(11-20(14)25-21(13)26)22(2,12-24)18-9-8-17-16(18)4-3-5-19(17)23/h3-7,10-11,18H,8-9H2,1-2H3,(H,25,26). The van der Waals surface area contributed by atoms with Crippen molar-refractivity contribution in [1.29, 1.82) is 5.26 Å². The molecule has 0 amide bonds. The summed E-state index contributed by atoms with van der Waals surface area (Å²) < 4.78 is 1.12. The summed E-state index contributed by atoms with van der Waals surface area (Å²) in [6.07, 6.45) is 1.92. The molecule has 2 atom stereocenters. The molecule has 0 saturated carbocycles. The number of hydrogen-bond donors (Lipinski definition) is 1. The Morgan fingerprint density at radius 2 is 2.08 bits per heavy atom. The highest BCUT2D eigenvalue weighted by Gasteiger charge is 2.41. The first kappa shape index (κ1) is 17.1. The number of aromatic amines is 1. The SMILES string of the molecule is Cc1cc2ccc(C(C)(C#N)C3CCc4c(Br)cccc43)cc2[nH]c1=O. The van der Waals surface area contributed by atoms with E-state index >= 15 is 0 Å². The van der Waals surface area contributed by atoms with E-state index in [1.807, 2.05) is 37.3 Å². The molecule has 1 aliphatic rings. The van der Waals surface area contributed by atoms with Crippen LogP contribution in [0.4, 0.5) is 0 Å². The maximum absolute atomic E-state index is 12.0. The molecule has 130 valence electrons. The summed E-state index contributed by atoms with van der Waals surface area (Å²) in [7, 11) is 0. The van der Waals surface area contributed by atoms with Crippen LogP contribution in [0.25, 0.3) is 10.9 Å². The van der Waals surface area contributed by atoms with Gasteiger partial charge in [0.2, 0.25) is 0 Å². The zero-order valence-corrected chi connectivity index (χ0v) is 16.4. The lowest BCUT2D eigenvalue weighted by atomic mass is 9.70. The first-order valence-electron chi connectivity index (χ1n) is 8.77. The zero-order valence-electron chi connectivity index (χ0n) is 14.8. The molecule has 3 aromatic rings. The zero-order chi connectivity index (χ0) is 18.5. The number of nitrogens with zero attached hydrogens (tertiary/aromatic N) is 1. The molecule has 2 aromatic carbocycles. The van der Waals surface area contributed by atoms with Gasteiger partial charge in [0.05, 0.1) is 11.5 Å². The lowest BCUT2D eigenvalue weighted by molar-refractivity contribution is 0.470. The number of nitrogens with one attached hydrogen (secondary N) is 1. The monoisotopic (exact) mass is 406 g/mol. The van der Waals surface area contributed by atoms with Crippen molar-refractivity contribution < 1.29 is 0 Å². The quantitative estimate of drug-likeness (QED) is 0.642. The van der Waals surface area contributed by atoms with Crippen molar-refractivity contribution in [3.63, 3.8) is 0 Å². The molecule has 1 heterocycles. The van der Waals surface area contributed by atoms with Crippen molar-refractivity contribution in [3.8, 4) is 6.07 Å². The third-order valence-electron chi connectivity index (χ3n) is 5.77. The summed E-state index contributed by atoms with van der Waals surface area (Å²) in [6, 6.07) is 16.7. The second kappa shape index (κ2) is 6.10. The highest BCUT2D eigenvalue weighted by molar-refractivity contribution is 9.10. The van der Waals surface area contributed by atoms with Crippen molar-refractivity contribution in [2.45, 2.75) is 38.0 Å². The summed E-state index contributed by atoms with van der Waals surface area (Å²) in [4.78, 5) is 14.9. The number of pyridine rings is 1. The Morgan fingerprint density at radius 3 is 2.85 bits per heavy atom. The van der Waals surface area contributed by atoms with Gasteiger partial charge in [-0.05, 0) is 67.0 Å². The summed E-state index contributed by atoms with van der Waals surface area (Å²) in [5.74, 6) is 0.134. The van der Waals surface area contributed by atoms with Gasteiger partial charge in [-0.2, -0.15) is 5.26 Å². The van der Waals surface area contributed by atoms with E-state index < -0.39 is 5.41 Å². The van der Waals surface area contributed by atoms with Crippen molar-refractivity contribution in [1.82, 2.24) is 4.98 Å². The van der Waals surface area contributed by atoms with Gasteiger partial charge in [0.25, 0.3) is 5.56 Å². The first-order chi connectivity index (χ1) is 12.4. The van der Waals surface area contributed by atoms with E-state index in [2.05, 4.69) is 39.1 Å². The molecule has 2 unspecified atom stereocenters. The Hall–Kier alpha value is -2.38. The van der Waals surface area contributed by atoms with Gasteiger partial charge in [-0.1, -0.05) is 40.2 Å². The molecule has 1 aliphatic carbocycles. The molecule has 0 fully saturated rings. The molecular weight excluding hydrogens is 388 g/mol. The van der Waals surface area contributed by atoms with Crippen LogP contribution in [-0.2, 0) is 11.8 Å². The molecule has 0 aliphatic heterocycles. The normalized spacial score (nSPS) is 18.3. The lowest BCUT2D eigenvalue weighted by Gasteiger charge is -2.30. The summed E-state index contributed by atoms with van der Waals surface area (Å²) in [5.41, 5.74) is 4.26. The van der Waals surface area contributed by atoms with Crippen LogP contribution < -0.4 is 5.56 Å². The number of nitriles is 1. The van der Waals surface area contributed by atoms with Gasteiger partial charge in [-0.15, -0.1) is 0 Å². The molecule has 0 spiro atoms. The van der Waals surface area contributed by atoms with Crippen LogP contribution in [0.2, 0.25) is 0 Å². The summed E-state index contributed by atoms with van der Waals surface area (Å²) in [5, 5.41) is 11.1. The number of benzene rings is 2. The third-order valence-corrected chi connectivity index (χ3v) is 6.52. The van der Waals surface area contributed by atoms with Crippen LogP contribution in [0, 0.1) is 18.3 Å². The average Bonchev–Trinajstić information content (AvgIpc) is 3.08. The molecule has 0 radical (unpaired) electrons. The van der Waals surface area contributed by atoms with Gasteiger partial charge in [0.15, 0.2) is 0 Å². The number of halogens is 1. The maximum atomic E-state index is 12.0. The molecule has 26 heavy (non-hydrogen) atoms. The van der Waals surface area contributed by atoms with E-state index in [0.717, 1.165) is 33.8 Å². The number of aryl methyl sites for hydroxylation is 1. The molecule has 0 saturated heterocycles. The third kappa shape index (κ3) is 2.50. The number of hydrogen-bond acceptors (Lipinski definition) is 2. The second-order valence-corrected chi connectivity index (χ2v) is 8.15. The van der Waals surface area contributed by atoms with E-state index in [4.69, 9.17) is 0 Å². The van der Waals surface area contributed by atoms with Gasteiger partial charge < -0.3 is 4.98 Å². The average molecular weight is 407 g/mol. The van der Waals surface area contributed by atoms with E-state index in [0.29, 0.717) is 5.56 Å².